The molecule has 1 aromatic carbocycles. The van der Waals surface area contributed by atoms with E-state index in [1.54, 1.807) is 21.1 Å². The summed E-state index contributed by atoms with van der Waals surface area (Å²) in [5, 5.41) is 3.52. The largest absolute Gasteiger partial charge is 0.497 e. The van der Waals surface area contributed by atoms with Crippen LogP contribution in [0.15, 0.2) is 33.9 Å². The van der Waals surface area contributed by atoms with Crippen molar-refractivity contribution in [3.05, 3.63) is 50.7 Å². The number of hydrogen-bond acceptors (Lipinski definition) is 5. The van der Waals surface area contributed by atoms with Crippen LogP contribution in [0.25, 0.3) is 11.2 Å². The minimum absolute atomic E-state index is 0.300. The summed E-state index contributed by atoms with van der Waals surface area (Å²) in [7, 11) is 3.30. The van der Waals surface area contributed by atoms with E-state index in [4.69, 9.17) is 4.74 Å². The molecule has 0 atom stereocenters. The number of hydrogen-bond donors (Lipinski definition) is 1. The third-order valence-corrected chi connectivity index (χ3v) is 5.74. The normalized spacial score (nSPS) is 14.6. The van der Waals surface area contributed by atoms with E-state index >= 15 is 0 Å². The van der Waals surface area contributed by atoms with Crippen LogP contribution in [0.1, 0.15) is 38.2 Å². The number of ether oxygens (including phenoxy) is 1. The van der Waals surface area contributed by atoms with Gasteiger partial charge in [-0.3, -0.25) is 18.5 Å². The van der Waals surface area contributed by atoms with Crippen LogP contribution in [0.5, 0.6) is 5.75 Å². The molecule has 0 saturated heterocycles. The second-order valence-corrected chi connectivity index (χ2v) is 7.56. The molecule has 2 aromatic heterocycles. The van der Waals surface area contributed by atoms with Crippen LogP contribution < -0.4 is 21.3 Å². The van der Waals surface area contributed by atoms with Gasteiger partial charge in [0.05, 0.1) is 13.7 Å². The summed E-state index contributed by atoms with van der Waals surface area (Å²) in [5.74, 6) is 1.42. The van der Waals surface area contributed by atoms with Gasteiger partial charge in [0.15, 0.2) is 11.2 Å². The molecule has 2 heterocycles. The van der Waals surface area contributed by atoms with Crippen molar-refractivity contribution in [1.82, 2.24) is 18.7 Å². The Kier molecular flexibility index (Phi) is 5.17. The zero-order valence-electron chi connectivity index (χ0n) is 17.1. The Morgan fingerprint density at radius 2 is 1.83 bits per heavy atom. The number of nitrogens with one attached hydrogen (secondary N) is 1. The molecule has 1 N–H and O–H groups in total. The van der Waals surface area contributed by atoms with E-state index in [0.717, 1.165) is 24.2 Å². The number of fused-ring (bicyclic) bond motifs is 1. The fourth-order valence-electron chi connectivity index (χ4n) is 4.08. The Labute approximate surface area is 168 Å². The van der Waals surface area contributed by atoms with Gasteiger partial charge in [0.1, 0.15) is 5.75 Å². The topological polar surface area (TPSA) is 83.1 Å². The number of rotatable bonds is 6. The zero-order valence-corrected chi connectivity index (χ0v) is 17.1. The summed E-state index contributed by atoms with van der Waals surface area (Å²) in [6.07, 6.45) is 4.56. The summed E-state index contributed by atoms with van der Waals surface area (Å²) in [6, 6.07) is 8.10. The first kappa shape index (κ1) is 19.3. The number of benzene rings is 1. The molecule has 4 rings (SSSR count). The predicted molar refractivity (Wildman–Crippen MR) is 113 cm³/mol. The smallest absolute Gasteiger partial charge is 0.332 e. The molecule has 0 unspecified atom stereocenters. The maximum Gasteiger partial charge on any atom is 0.332 e. The number of methoxy groups -OCH3 is 1. The van der Waals surface area contributed by atoms with Crippen LogP contribution in [-0.2, 0) is 20.1 Å². The lowest BCUT2D eigenvalue weighted by Crippen LogP contribution is -2.39. The summed E-state index contributed by atoms with van der Waals surface area (Å²) in [5.41, 5.74) is 1.25. The zero-order chi connectivity index (χ0) is 20.5. The number of imidazole rings is 1. The van der Waals surface area contributed by atoms with E-state index in [0.29, 0.717) is 36.2 Å². The molecule has 0 aliphatic heterocycles. The van der Waals surface area contributed by atoms with Crippen molar-refractivity contribution >= 4 is 17.1 Å². The summed E-state index contributed by atoms with van der Waals surface area (Å²) in [4.78, 5) is 30.4. The molecule has 1 aliphatic carbocycles. The van der Waals surface area contributed by atoms with Crippen molar-refractivity contribution in [2.24, 2.45) is 7.05 Å². The Hall–Kier alpha value is -3.03. The first-order chi connectivity index (χ1) is 14.0. The van der Waals surface area contributed by atoms with E-state index < -0.39 is 0 Å². The molecule has 154 valence electrons. The molecule has 0 amide bonds. The second kappa shape index (κ2) is 7.77. The van der Waals surface area contributed by atoms with Crippen molar-refractivity contribution in [1.29, 1.82) is 0 Å². The minimum atomic E-state index is -0.341. The molecular formula is C21H27N5O3. The number of anilines is 1. The number of nitrogens with zero attached hydrogens (tertiary/aromatic N) is 4. The SMILES string of the molecule is CCn1c(=O)c2c(nc(NC3CCCC3)n2Cc2ccc(OC)cc2)n(C)c1=O. The molecule has 8 heteroatoms. The van der Waals surface area contributed by atoms with Gasteiger partial charge < -0.3 is 10.1 Å². The van der Waals surface area contributed by atoms with Crippen LogP contribution >= 0.6 is 0 Å². The third kappa shape index (κ3) is 3.43. The maximum atomic E-state index is 13.1. The van der Waals surface area contributed by atoms with Gasteiger partial charge in [-0.2, -0.15) is 4.98 Å². The van der Waals surface area contributed by atoms with Gasteiger partial charge in [-0.05, 0) is 37.5 Å². The molecule has 29 heavy (non-hydrogen) atoms. The standard InChI is InChI=1S/C21H27N5O3/c1-4-25-19(27)17-18(24(2)21(25)28)23-20(22-15-7-5-6-8-15)26(17)13-14-9-11-16(29-3)12-10-14/h9-12,15H,4-8,13H2,1-3H3,(H,22,23). The maximum absolute atomic E-state index is 13.1. The summed E-state index contributed by atoms with van der Waals surface area (Å²) < 4.78 is 9.87. The van der Waals surface area contributed by atoms with Gasteiger partial charge >= 0.3 is 5.69 Å². The van der Waals surface area contributed by atoms with Gasteiger partial charge in [-0.1, -0.05) is 25.0 Å². The van der Waals surface area contributed by atoms with Crippen LogP contribution in [-0.4, -0.2) is 31.8 Å². The quantitative estimate of drug-likeness (QED) is 0.690. The lowest BCUT2D eigenvalue weighted by Gasteiger charge is -2.15. The fraction of sp³-hybridized carbons (Fsp3) is 0.476. The second-order valence-electron chi connectivity index (χ2n) is 7.56. The first-order valence-corrected chi connectivity index (χ1v) is 10.1. The van der Waals surface area contributed by atoms with Crippen LogP contribution in [0.3, 0.4) is 0 Å². The first-order valence-electron chi connectivity index (χ1n) is 10.1. The molecular weight excluding hydrogens is 370 g/mol. The average Bonchev–Trinajstić information content (AvgIpc) is 3.36. The van der Waals surface area contributed by atoms with E-state index in [1.165, 1.54) is 22.0 Å². The predicted octanol–water partition coefficient (Wildman–Crippen LogP) is 2.33. The van der Waals surface area contributed by atoms with Gasteiger partial charge in [-0.15, -0.1) is 0 Å². The van der Waals surface area contributed by atoms with Crippen LogP contribution in [0.2, 0.25) is 0 Å². The van der Waals surface area contributed by atoms with Crippen molar-refractivity contribution in [3.8, 4) is 5.75 Å². The molecule has 3 aromatic rings. The van der Waals surface area contributed by atoms with E-state index in [-0.39, 0.29) is 11.2 Å². The van der Waals surface area contributed by atoms with Crippen molar-refractivity contribution in [3.63, 3.8) is 0 Å². The molecule has 0 spiro atoms. The van der Waals surface area contributed by atoms with Crippen molar-refractivity contribution < 1.29 is 4.74 Å². The van der Waals surface area contributed by atoms with Crippen molar-refractivity contribution in [2.45, 2.75) is 51.7 Å². The summed E-state index contributed by atoms with van der Waals surface area (Å²) >= 11 is 0. The lowest BCUT2D eigenvalue weighted by molar-refractivity contribution is 0.414. The van der Waals surface area contributed by atoms with Gasteiger partial charge in [0.25, 0.3) is 5.56 Å². The molecule has 1 aliphatic rings. The Balaban J connectivity index is 1.88. The van der Waals surface area contributed by atoms with E-state index in [9.17, 15) is 9.59 Å². The van der Waals surface area contributed by atoms with Crippen LogP contribution in [0.4, 0.5) is 5.95 Å². The number of aryl methyl sites for hydroxylation is 1. The molecule has 1 saturated carbocycles. The Bertz CT molecular complexity index is 1130. The highest BCUT2D eigenvalue weighted by Gasteiger charge is 2.23. The van der Waals surface area contributed by atoms with Gasteiger partial charge in [0.2, 0.25) is 5.95 Å². The van der Waals surface area contributed by atoms with E-state index in [2.05, 4.69) is 10.3 Å². The molecule has 1 fully saturated rings. The van der Waals surface area contributed by atoms with Gasteiger partial charge in [-0.25, -0.2) is 4.79 Å². The van der Waals surface area contributed by atoms with Gasteiger partial charge in [0, 0.05) is 19.6 Å². The lowest BCUT2D eigenvalue weighted by atomic mass is 10.2. The Morgan fingerprint density at radius 1 is 1.14 bits per heavy atom. The minimum Gasteiger partial charge on any atom is -0.497 e. The average molecular weight is 397 g/mol. The Morgan fingerprint density at radius 3 is 2.45 bits per heavy atom. The molecule has 0 bridgehead atoms. The van der Waals surface area contributed by atoms with Crippen molar-refractivity contribution in [2.75, 3.05) is 12.4 Å². The van der Waals surface area contributed by atoms with E-state index in [1.807, 2.05) is 28.8 Å². The van der Waals surface area contributed by atoms with Crippen LogP contribution in [0, 0.1) is 0 Å². The monoisotopic (exact) mass is 397 g/mol. The number of aromatic nitrogens is 4. The highest BCUT2D eigenvalue weighted by atomic mass is 16.5. The summed E-state index contributed by atoms with van der Waals surface area (Å²) in [6.45, 7) is 2.60. The highest BCUT2D eigenvalue weighted by Crippen LogP contribution is 2.25. The fourth-order valence-corrected chi connectivity index (χ4v) is 4.08. The molecule has 8 nitrogen and oxygen atoms in total. The molecule has 0 radical (unpaired) electrons. The third-order valence-electron chi connectivity index (χ3n) is 5.74. The highest BCUT2D eigenvalue weighted by molar-refractivity contribution is 5.74.